The van der Waals surface area contributed by atoms with E-state index in [0.717, 1.165) is 81.1 Å². The number of nitrogens with zero attached hydrogens (tertiary/aromatic N) is 5. The number of piperidine rings is 2. The second-order valence-corrected chi connectivity index (χ2v) is 11.8. The van der Waals surface area contributed by atoms with Gasteiger partial charge >= 0.3 is 0 Å². The van der Waals surface area contributed by atoms with Gasteiger partial charge in [-0.3, -0.25) is 9.80 Å². The number of phenols is 2. The molecule has 0 radical (unpaired) electrons. The Labute approximate surface area is 262 Å². The van der Waals surface area contributed by atoms with Gasteiger partial charge in [-0.2, -0.15) is 0 Å². The number of aromatic nitrogens is 2. The Kier molecular flexibility index (Phi) is 10.3. The Balaban J connectivity index is 0.00000353. The zero-order valence-electron chi connectivity index (χ0n) is 25.1. The summed E-state index contributed by atoms with van der Waals surface area (Å²) in [6.45, 7) is 9.17. The molecule has 2 fully saturated rings. The molecule has 8 heteroatoms. The Bertz CT molecular complexity index is 1390. The van der Waals surface area contributed by atoms with Gasteiger partial charge in [0.15, 0.2) is 0 Å². The fourth-order valence-corrected chi connectivity index (χ4v) is 6.46. The molecule has 7 nitrogen and oxygen atoms in total. The number of fused-ring (bicyclic) bond motifs is 2. The van der Waals surface area contributed by atoms with E-state index in [-0.39, 0.29) is 31.0 Å². The predicted octanol–water partition coefficient (Wildman–Crippen LogP) is 7.10. The van der Waals surface area contributed by atoms with Crippen LogP contribution in [0.2, 0.25) is 0 Å². The summed E-state index contributed by atoms with van der Waals surface area (Å²) < 4.78 is 0. The summed E-state index contributed by atoms with van der Waals surface area (Å²) in [5.74, 6) is 1.91. The number of rotatable bonds is 9. The number of aromatic hydroxyl groups is 2. The number of likely N-dealkylation sites (tertiary alicyclic amines) is 2. The first-order valence-electron chi connectivity index (χ1n) is 15.6. The van der Waals surface area contributed by atoms with E-state index in [1.165, 1.54) is 49.7 Å². The molecule has 2 aromatic heterocycles. The van der Waals surface area contributed by atoms with Crippen LogP contribution < -0.4 is 4.90 Å². The fourth-order valence-electron chi connectivity index (χ4n) is 6.46. The molecule has 0 bridgehead atoms. The minimum absolute atomic E-state index is 0. The summed E-state index contributed by atoms with van der Waals surface area (Å²) in [6.07, 6.45) is 9.63. The second kappa shape index (κ2) is 14.1. The average molecular weight is 619 g/mol. The van der Waals surface area contributed by atoms with E-state index in [4.69, 9.17) is 9.97 Å². The van der Waals surface area contributed by atoms with Crippen molar-refractivity contribution in [3.05, 3.63) is 59.7 Å². The van der Waals surface area contributed by atoms with Crippen LogP contribution in [0.25, 0.3) is 21.8 Å². The first kappa shape index (κ1) is 30.7. The molecule has 2 aliphatic rings. The standard InChI is InChI=1S/C34H43N5O2.Zn/c1-2-3-22-39(31-16-12-27-25(10-14-29(40)33(27)35-31)23-37-18-6-4-7-19-37)32-17-13-28-26(11-15-30(41)34(28)36-32)24-38-20-8-5-9-21-38;/h10-17,40-41H,2-9,18-24H2,1H3;. The molecule has 42 heavy (non-hydrogen) atoms. The molecule has 2 N–H and O–H groups in total. The van der Waals surface area contributed by atoms with Gasteiger partial charge in [-0.1, -0.05) is 38.3 Å². The van der Waals surface area contributed by atoms with E-state index < -0.39 is 0 Å². The summed E-state index contributed by atoms with van der Waals surface area (Å²) in [5.41, 5.74) is 3.67. The first-order chi connectivity index (χ1) is 20.1. The predicted molar refractivity (Wildman–Crippen MR) is 167 cm³/mol. The molecule has 0 amide bonds. The molecule has 4 heterocycles. The Morgan fingerprint density at radius 1 is 0.643 bits per heavy atom. The third-order valence-electron chi connectivity index (χ3n) is 8.80. The molecule has 0 aliphatic carbocycles. The molecule has 0 atom stereocenters. The van der Waals surface area contributed by atoms with Gasteiger partial charge in [0.05, 0.1) is 0 Å². The van der Waals surface area contributed by atoms with Crippen molar-refractivity contribution in [3.63, 3.8) is 0 Å². The maximum absolute atomic E-state index is 10.8. The zero-order valence-corrected chi connectivity index (χ0v) is 28.0. The topological polar surface area (TPSA) is 76.0 Å². The van der Waals surface area contributed by atoms with Crippen molar-refractivity contribution in [1.29, 1.82) is 0 Å². The van der Waals surface area contributed by atoms with Crippen molar-refractivity contribution in [2.45, 2.75) is 71.4 Å². The molecule has 2 aromatic carbocycles. The molecule has 0 spiro atoms. The second-order valence-electron chi connectivity index (χ2n) is 11.8. The zero-order chi connectivity index (χ0) is 28.2. The normalized spacial score (nSPS) is 16.5. The number of benzene rings is 2. The van der Waals surface area contributed by atoms with Gasteiger partial charge < -0.3 is 15.1 Å². The quantitative estimate of drug-likeness (QED) is 0.194. The van der Waals surface area contributed by atoms with Crippen molar-refractivity contribution in [2.24, 2.45) is 0 Å². The van der Waals surface area contributed by atoms with Crippen molar-refractivity contribution in [2.75, 3.05) is 37.6 Å². The molecule has 6 rings (SSSR count). The number of hydrogen-bond donors (Lipinski definition) is 2. The Morgan fingerprint density at radius 2 is 1.10 bits per heavy atom. The van der Waals surface area contributed by atoms with Crippen LogP contribution in [0.5, 0.6) is 11.5 Å². The van der Waals surface area contributed by atoms with Gasteiger partial charge in [-0.05, 0) is 106 Å². The number of unbranched alkanes of at least 4 members (excludes halogenated alkanes) is 1. The summed E-state index contributed by atoms with van der Waals surface area (Å²) in [4.78, 5) is 17.1. The van der Waals surface area contributed by atoms with Gasteiger partial charge in [0.1, 0.15) is 34.2 Å². The monoisotopic (exact) mass is 617 g/mol. The minimum Gasteiger partial charge on any atom is -0.506 e. The molecular weight excluding hydrogens is 576 g/mol. The maximum atomic E-state index is 10.8. The number of anilines is 2. The third-order valence-corrected chi connectivity index (χ3v) is 8.80. The van der Waals surface area contributed by atoms with Gasteiger partial charge in [0.25, 0.3) is 0 Å². The van der Waals surface area contributed by atoms with E-state index >= 15 is 0 Å². The SMILES string of the molecule is CCCCN(c1ccc2c(CN3CCCCC3)ccc(O)c2n1)c1ccc2c(CN3CCCCC3)ccc(O)c2n1.[Zn]. The van der Waals surface area contributed by atoms with Crippen LogP contribution in [-0.4, -0.2) is 62.7 Å². The van der Waals surface area contributed by atoms with Crippen LogP contribution in [0.3, 0.4) is 0 Å². The number of phenolic OH excluding ortho intramolecular Hbond substituents is 2. The summed E-state index contributed by atoms with van der Waals surface area (Å²) in [5, 5.41) is 23.7. The van der Waals surface area contributed by atoms with Crippen molar-refractivity contribution in [3.8, 4) is 11.5 Å². The number of hydrogen-bond acceptors (Lipinski definition) is 7. The van der Waals surface area contributed by atoms with Crippen molar-refractivity contribution >= 4 is 33.4 Å². The van der Waals surface area contributed by atoms with Crippen LogP contribution >= 0.6 is 0 Å². The Hall–Kier alpha value is -2.80. The number of pyridine rings is 2. The van der Waals surface area contributed by atoms with Crippen LogP contribution in [0, 0.1) is 0 Å². The van der Waals surface area contributed by atoms with Crippen LogP contribution in [0.15, 0.2) is 48.5 Å². The molecular formula is C34H43N5O2Zn. The smallest absolute Gasteiger partial charge is 0.141 e. The van der Waals surface area contributed by atoms with Crippen molar-refractivity contribution < 1.29 is 29.7 Å². The third kappa shape index (κ3) is 6.72. The average Bonchev–Trinajstić information content (AvgIpc) is 3.01. The van der Waals surface area contributed by atoms with Gasteiger partial charge in [0, 0.05) is 49.9 Å². The van der Waals surface area contributed by atoms with Crippen LogP contribution in [0.1, 0.15) is 69.4 Å². The molecule has 218 valence electrons. The molecule has 2 saturated heterocycles. The van der Waals surface area contributed by atoms with E-state index in [9.17, 15) is 10.2 Å². The fraction of sp³-hybridized carbons (Fsp3) is 0.471. The van der Waals surface area contributed by atoms with Gasteiger partial charge in [-0.25, -0.2) is 9.97 Å². The van der Waals surface area contributed by atoms with Crippen LogP contribution in [0.4, 0.5) is 11.6 Å². The minimum atomic E-state index is 0. The largest absolute Gasteiger partial charge is 0.506 e. The van der Waals surface area contributed by atoms with Gasteiger partial charge in [0.2, 0.25) is 0 Å². The first-order valence-corrected chi connectivity index (χ1v) is 15.6. The molecule has 4 aromatic rings. The maximum Gasteiger partial charge on any atom is 0.141 e. The van der Waals surface area contributed by atoms with Crippen LogP contribution in [-0.2, 0) is 32.6 Å². The summed E-state index contributed by atoms with van der Waals surface area (Å²) in [7, 11) is 0. The molecule has 0 unspecified atom stereocenters. The van der Waals surface area contributed by atoms with E-state index in [0.29, 0.717) is 11.0 Å². The van der Waals surface area contributed by atoms with Crippen molar-refractivity contribution in [1.82, 2.24) is 19.8 Å². The van der Waals surface area contributed by atoms with E-state index in [1.807, 2.05) is 12.1 Å². The van der Waals surface area contributed by atoms with E-state index in [1.54, 1.807) is 12.1 Å². The Morgan fingerprint density at radius 3 is 1.52 bits per heavy atom. The molecule has 0 saturated carbocycles. The summed E-state index contributed by atoms with van der Waals surface area (Å²) >= 11 is 0. The van der Waals surface area contributed by atoms with Gasteiger partial charge in [-0.15, -0.1) is 0 Å². The van der Waals surface area contributed by atoms with E-state index in [2.05, 4.69) is 45.9 Å². The summed E-state index contributed by atoms with van der Waals surface area (Å²) in [6, 6.07) is 16.0. The molecule has 2 aliphatic heterocycles.